The zero-order valence-electron chi connectivity index (χ0n) is 18.8. The summed E-state index contributed by atoms with van der Waals surface area (Å²) < 4.78 is 0. The molecule has 1 spiro atoms. The first-order chi connectivity index (χ1) is 16.9. The van der Waals surface area contributed by atoms with E-state index in [1.807, 2.05) is 0 Å². The van der Waals surface area contributed by atoms with Crippen molar-refractivity contribution in [2.24, 2.45) is 0 Å². The Morgan fingerprint density at radius 2 is 1.03 bits per heavy atom. The lowest BCUT2D eigenvalue weighted by Gasteiger charge is -2.31. The van der Waals surface area contributed by atoms with Gasteiger partial charge < -0.3 is 0 Å². The fourth-order valence-corrected chi connectivity index (χ4v) is 6.77. The summed E-state index contributed by atoms with van der Waals surface area (Å²) in [5.41, 5.74) is 10.9. The third-order valence-corrected chi connectivity index (χ3v) is 8.05. The van der Waals surface area contributed by atoms with Crippen LogP contribution in [0.25, 0.3) is 32.7 Å². The van der Waals surface area contributed by atoms with Gasteiger partial charge in [0.2, 0.25) is 0 Å². The van der Waals surface area contributed by atoms with E-state index in [2.05, 4.69) is 121 Å². The lowest BCUT2D eigenvalue weighted by Crippen LogP contribution is -2.26. The van der Waals surface area contributed by atoms with E-state index in [1.165, 1.54) is 66.1 Å². The van der Waals surface area contributed by atoms with Crippen molar-refractivity contribution in [3.05, 3.63) is 155 Å². The minimum atomic E-state index is -0.263. The predicted octanol–water partition coefficient (Wildman–Crippen LogP) is 8.26. The average Bonchev–Trinajstić information content (AvgIpc) is 3.36. The van der Waals surface area contributed by atoms with Crippen LogP contribution in [0.1, 0.15) is 33.4 Å². The van der Waals surface area contributed by atoms with E-state index in [0.29, 0.717) is 0 Å². The van der Waals surface area contributed by atoms with Crippen LogP contribution >= 0.6 is 0 Å². The van der Waals surface area contributed by atoms with E-state index in [0.717, 1.165) is 6.42 Å². The Bertz CT molecular complexity index is 1710. The number of benzene rings is 6. The van der Waals surface area contributed by atoms with Gasteiger partial charge in [0.1, 0.15) is 0 Å². The van der Waals surface area contributed by atoms with Crippen LogP contribution in [0.5, 0.6) is 0 Å². The van der Waals surface area contributed by atoms with Gasteiger partial charge in [-0.05, 0) is 72.5 Å². The van der Waals surface area contributed by atoms with E-state index in [9.17, 15) is 0 Å². The highest BCUT2D eigenvalue weighted by molar-refractivity contribution is 6.17. The fourth-order valence-electron chi connectivity index (χ4n) is 6.77. The van der Waals surface area contributed by atoms with Crippen molar-refractivity contribution in [3.8, 4) is 11.1 Å². The monoisotopic (exact) mass is 430 g/mol. The first-order valence-corrected chi connectivity index (χ1v) is 12.1. The first kappa shape index (κ1) is 18.3. The Labute approximate surface area is 199 Å². The van der Waals surface area contributed by atoms with E-state index >= 15 is 0 Å². The van der Waals surface area contributed by atoms with Gasteiger partial charge in [-0.15, -0.1) is 0 Å². The smallest absolute Gasteiger partial charge is 0.0622 e. The van der Waals surface area contributed by atoms with E-state index in [4.69, 9.17) is 0 Å². The summed E-state index contributed by atoms with van der Waals surface area (Å²) in [6, 6.07) is 45.4. The van der Waals surface area contributed by atoms with Crippen LogP contribution in [0.4, 0.5) is 0 Å². The Kier molecular flexibility index (Phi) is 3.47. The molecule has 2 aliphatic rings. The molecule has 0 nitrogen and oxygen atoms in total. The molecule has 0 bridgehead atoms. The van der Waals surface area contributed by atoms with Gasteiger partial charge in [-0.25, -0.2) is 0 Å². The fraction of sp³-hybridized carbons (Fsp3) is 0.0588. The number of rotatable bonds is 2. The third-order valence-electron chi connectivity index (χ3n) is 8.05. The molecule has 6 aromatic carbocycles. The van der Waals surface area contributed by atoms with E-state index < -0.39 is 0 Å². The zero-order valence-corrected chi connectivity index (χ0v) is 18.8. The number of hydrogen-bond donors (Lipinski definition) is 0. The molecule has 0 saturated carbocycles. The summed E-state index contributed by atoms with van der Waals surface area (Å²) in [6.45, 7) is 0. The summed E-state index contributed by atoms with van der Waals surface area (Å²) in [5, 5.41) is 5.51. The normalized spacial score (nSPS) is 14.2. The van der Waals surface area contributed by atoms with Crippen molar-refractivity contribution in [1.29, 1.82) is 0 Å². The van der Waals surface area contributed by atoms with Gasteiger partial charge in [0.05, 0.1) is 5.41 Å². The molecule has 0 unspecified atom stereocenters. The second kappa shape index (κ2) is 6.46. The number of fused-ring (bicyclic) bond motifs is 7. The molecule has 0 heterocycles. The van der Waals surface area contributed by atoms with Crippen molar-refractivity contribution in [2.75, 3.05) is 0 Å². The summed E-state index contributed by atoms with van der Waals surface area (Å²) in [4.78, 5) is 0. The maximum Gasteiger partial charge on any atom is 0.0726 e. The van der Waals surface area contributed by atoms with Gasteiger partial charge >= 0.3 is 0 Å². The minimum absolute atomic E-state index is 0.263. The highest BCUT2D eigenvalue weighted by Gasteiger charge is 2.50. The molecule has 34 heavy (non-hydrogen) atoms. The van der Waals surface area contributed by atoms with Crippen molar-refractivity contribution in [2.45, 2.75) is 11.8 Å². The van der Waals surface area contributed by atoms with Crippen molar-refractivity contribution >= 4 is 21.5 Å². The lowest BCUT2D eigenvalue weighted by molar-refractivity contribution is 0.795. The summed E-state index contributed by atoms with van der Waals surface area (Å²) in [7, 11) is 0. The van der Waals surface area contributed by atoms with Crippen molar-refractivity contribution in [3.63, 3.8) is 0 Å². The van der Waals surface area contributed by atoms with Crippen LogP contribution < -0.4 is 0 Å². The highest BCUT2D eigenvalue weighted by atomic mass is 14.5. The molecular weight excluding hydrogens is 408 g/mol. The molecule has 6 aromatic rings. The first-order valence-electron chi connectivity index (χ1n) is 12.1. The van der Waals surface area contributed by atoms with Gasteiger partial charge in [-0.1, -0.05) is 121 Å². The van der Waals surface area contributed by atoms with Gasteiger partial charge in [0.15, 0.2) is 0 Å². The van der Waals surface area contributed by atoms with Crippen LogP contribution in [0.3, 0.4) is 0 Å². The van der Waals surface area contributed by atoms with Crippen LogP contribution in [0.15, 0.2) is 121 Å². The van der Waals surface area contributed by atoms with Gasteiger partial charge in [-0.3, -0.25) is 0 Å². The highest BCUT2D eigenvalue weighted by Crippen LogP contribution is 2.62. The third kappa shape index (κ3) is 2.14. The van der Waals surface area contributed by atoms with Crippen LogP contribution in [0.2, 0.25) is 0 Å². The van der Waals surface area contributed by atoms with Gasteiger partial charge in [0.25, 0.3) is 0 Å². The molecule has 8 rings (SSSR count). The average molecular weight is 431 g/mol. The van der Waals surface area contributed by atoms with Crippen LogP contribution in [-0.4, -0.2) is 0 Å². The quantitative estimate of drug-likeness (QED) is 0.242. The van der Waals surface area contributed by atoms with Crippen molar-refractivity contribution < 1.29 is 0 Å². The standard InChI is InChI=1S/C34H22/c1-2-8-22(9-3-1)20-23-16-19-27-26-12-4-5-13-28(26)34(31(27)21-23)29-14-6-10-24-17-18-25-11-7-15-30(34)33(25)32(24)29/h1-19,21H,20H2. The van der Waals surface area contributed by atoms with E-state index in [-0.39, 0.29) is 5.41 Å². The Morgan fingerprint density at radius 3 is 1.76 bits per heavy atom. The SMILES string of the molecule is c1ccc(Cc2ccc3c(c2)C2(c4ccccc4-3)c3cccc4ccc5cccc2c5c34)cc1. The molecule has 0 heteroatoms. The maximum absolute atomic E-state index is 2.49. The molecule has 2 aliphatic carbocycles. The molecule has 158 valence electrons. The summed E-state index contributed by atoms with van der Waals surface area (Å²) in [6.07, 6.45) is 0.946. The molecule has 0 N–H and O–H groups in total. The molecule has 0 amide bonds. The molecule has 0 fully saturated rings. The zero-order chi connectivity index (χ0) is 22.3. The summed E-state index contributed by atoms with van der Waals surface area (Å²) in [5.74, 6) is 0. The van der Waals surface area contributed by atoms with Gasteiger partial charge in [-0.2, -0.15) is 0 Å². The van der Waals surface area contributed by atoms with E-state index in [1.54, 1.807) is 0 Å². The Morgan fingerprint density at radius 1 is 0.412 bits per heavy atom. The summed E-state index contributed by atoms with van der Waals surface area (Å²) >= 11 is 0. The molecule has 0 aliphatic heterocycles. The number of hydrogen-bond acceptors (Lipinski definition) is 0. The lowest BCUT2D eigenvalue weighted by atomic mass is 9.70. The van der Waals surface area contributed by atoms with Crippen LogP contribution in [0, 0.1) is 0 Å². The maximum atomic E-state index is 2.49. The Balaban J connectivity index is 1.50. The Hall–Kier alpha value is -4.16. The molecule has 0 radical (unpaired) electrons. The second-order valence-electron chi connectivity index (χ2n) is 9.71. The minimum Gasteiger partial charge on any atom is -0.0622 e. The molecule has 0 aromatic heterocycles. The molecule has 0 saturated heterocycles. The topological polar surface area (TPSA) is 0 Å². The van der Waals surface area contributed by atoms with Crippen molar-refractivity contribution in [1.82, 2.24) is 0 Å². The predicted molar refractivity (Wildman–Crippen MR) is 142 cm³/mol. The van der Waals surface area contributed by atoms with Gasteiger partial charge in [0, 0.05) is 0 Å². The molecular formula is C34H22. The van der Waals surface area contributed by atoms with Crippen LogP contribution in [-0.2, 0) is 11.8 Å². The largest absolute Gasteiger partial charge is 0.0726 e. The second-order valence-corrected chi connectivity index (χ2v) is 9.71. The molecule has 0 atom stereocenters.